The predicted octanol–water partition coefficient (Wildman–Crippen LogP) is 4.56. The summed E-state index contributed by atoms with van der Waals surface area (Å²) in [4.78, 5) is 26.5. The molecule has 4 aromatic rings. The van der Waals surface area contributed by atoms with Crippen LogP contribution in [0.4, 0.5) is 5.82 Å². The zero-order valence-corrected chi connectivity index (χ0v) is 15.7. The summed E-state index contributed by atoms with van der Waals surface area (Å²) in [5.41, 5.74) is 3.55. The standard InChI is InChI=1S/C22H17N3O4/c1-3-15-6-4-5-7-18(15)16-8-9-19-17(11-22(26)29-20(19)10-16)12-24-13-21(25(27)28)23-14(24)2/h3-11,13H,1,12H2,2H3. The third-order valence-electron chi connectivity index (χ3n) is 4.81. The molecule has 2 aromatic carbocycles. The number of imidazole rings is 1. The first-order chi connectivity index (χ1) is 14.0. The highest BCUT2D eigenvalue weighted by Crippen LogP contribution is 2.29. The van der Waals surface area contributed by atoms with Gasteiger partial charge in [0, 0.05) is 18.4 Å². The fourth-order valence-corrected chi connectivity index (χ4v) is 3.39. The average Bonchev–Trinajstić information content (AvgIpc) is 3.08. The van der Waals surface area contributed by atoms with Crippen LogP contribution in [0, 0.1) is 17.0 Å². The maximum Gasteiger partial charge on any atom is 0.381 e. The van der Waals surface area contributed by atoms with Crippen molar-refractivity contribution in [2.45, 2.75) is 13.5 Å². The third-order valence-corrected chi connectivity index (χ3v) is 4.81. The van der Waals surface area contributed by atoms with Gasteiger partial charge in [0.15, 0.2) is 0 Å². The summed E-state index contributed by atoms with van der Waals surface area (Å²) < 4.78 is 7.08. The molecule has 0 saturated carbocycles. The smallest absolute Gasteiger partial charge is 0.381 e. The highest BCUT2D eigenvalue weighted by Gasteiger charge is 2.17. The van der Waals surface area contributed by atoms with Gasteiger partial charge in [0.1, 0.15) is 11.8 Å². The van der Waals surface area contributed by atoms with Gasteiger partial charge in [0.25, 0.3) is 0 Å². The van der Waals surface area contributed by atoms with E-state index >= 15 is 0 Å². The van der Waals surface area contributed by atoms with E-state index < -0.39 is 10.5 Å². The number of nitro groups is 1. The monoisotopic (exact) mass is 387 g/mol. The Balaban J connectivity index is 1.81. The van der Waals surface area contributed by atoms with Crippen molar-refractivity contribution >= 4 is 22.9 Å². The zero-order valence-electron chi connectivity index (χ0n) is 15.7. The summed E-state index contributed by atoms with van der Waals surface area (Å²) in [7, 11) is 0. The minimum atomic E-state index is -0.537. The van der Waals surface area contributed by atoms with Crippen LogP contribution < -0.4 is 5.63 Å². The summed E-state index contributed by atoms with van der Waals surface area (Å²) in [6.45, 7) is 5.81. The molecule has 0 radical (unpaired) electrons. The Morgan fingerprint density at radius 3 is 2.76 bits per heavy atom. The summed E-state index contributed by atoms with van der Waals surface area (Å²) in [5.74, 6) is 0.271. The van der Waals surface area contributed by atoms with Gasteiger partial charge in [-0.15, -0.1) is 0 Å². The minimum Gasteiger partial charge on any atom is -0.423 e. The first-order valence-electron chi connectivity index (χ1n) is 8.93. The Hall–Kier alpha value is -4.00. The quantitative estimate of drug-likeness (QED) is 0.284. The van der Waals surface area contributed by atoms with E-state index in [4.69, 9.17) is 4.42 Å². The molecule has 0 atom stereocenters. The van der Waals surface area contributed by atoms with Gasteiger partial charge in [-0.05, 0) is 38.2 Å². The van der Waals surface area contributed by atoms with Gasteiger partial charge < -0.3 is 19.1 Å². The number of fused-ring (bicyclic) bond motifs is 1. The molecule has 144 valence electrons. The largest absolute Gasteiger partial charge is 0.423 e. The lowest BCUT2D eigenvalue weighted by Gasteiger charge is -2.10. The van der Waals surface area contributed by atoms with Crippen LogP contribution in [0.2, 0.25) is 0 Å². The summed E-state index contributed by atoms with van der Waals surface area (Å²) in [6, 6.07) is 14.9. The zero-order chi connectivity index (χ0) is 20.5. The molecule has 2 aromatic heterocycles. The molecule has 0 unspecified atom stereocenters. The van der Waals surface area contributed by atoms with Gasteiger partial charge >= 0.3 is 11.4 Å². The molecule has 0 aliphatic heterocycles. The molecular weight excluding hydrogens is 370 g/mol. The number of nitrogens with zero attached hydrogens (tertiary/aromatic N) is 3. The number of rotatable bonds is 5. The molecule has 7 heteroatoms. The first-order valence-corrected chi connectivity index (χ1v) is 8.93. The van der Waals surface area contributed by atoms with Gasteiger partial charge in [0.05, 0.1) is 6.54 Å². The van der Waals surface area contributed by atoms with Crippen molar-refractivity contribution in [1.82, 2.24) is 9.55 Å². The lowest BCUT2D eigenvalue weighted by Crippen LogP contribution is -2.06. The highest BCUT2D eigenvalue weighted by molar-refractivity contribution is 5.87. The fourth-order valence-electron chi connectivity index (χ4n) is 3.39. The van der Waals surface area contributed by atoms with Crippen LogP contribution in [0.25, 0.3) is 28.2 Å². The van der Waals surface area contributed by atoms with Crippen LogP contribution in [0.5, 0.6) is 0 Å². The van der Waals surface area contributed by atoms with Crippen molar-refractivity contribution < 1.29 is 9.34 Å². The Morgan fingerprint density at radius 2 is 2.03 bits per heavy atom. The Morgan fingerprint density at radius 1 is 1.24 bits per heavy atom. The van der Waals surface area contributed by atoms with E-state index in [-0.39, 0.29) is 12.4 Å². The summed E-state index contributed by atoms with van der Waals surface area (Å²) in [5, 5.41) is 11.7. The van der Waals surface area contributed by atoms with Gasteiger partial charge in [-0.1, -0.05) is 49.1 Å². The van der Waals surface area contributed by atoms with Crippen LogP contribution in [0.3, 0.4) is 0 Å². The molecule has 0 bridgehead atoms. The fraction of sp³-hybridized carbons (Fsp3) is 0.0909. The van der Waals surface area contributed by atoms with Crippen molar-refractivity contribution in [2.24, 2.45) is 0 Å². The van der Waals surface area contributed by atoms with Crippen molar-refractivity contribution in [2.75, 3.05) is 0 Å². The maximum absolute atomic E-state index is 12.1. The average molecular weight is 387 g/mol. The molecule has 0 aliphatic carbocycles. The Kier molecular flexibility index (Phi) is 4.56. The van der Waals surface area contributed by atoms with E-state index in [9.17, 15) is 14.9 Å². The van der Waals surface area contributed by atoms with E-state index in [0.29, 0.717) is 17.0 Å². The first kappa shape index (κ1) is 18.4. The number of hydrogen-bond acceptors (Lipinski definition) is 5. The molecule has 0 fully saturated rings. The predicted molar refractivity (Wildman–Crippen MR) is 111 cm³/mol. The molecule has 4 rings (SSSR count). The second-order valence-electron chi connectivity index (χ2n) is 6.62. The normalized spacial score (nSPS) is 10.9. The molecule has 2 heterocycles. The van der Waals surface area contributed by atoms with Crippen molar-refractivity contribution in [3.63, 3.8) is 0 Å². The lowest BCUT2D eigenvalue weighted by molar-refractivity contribution is -0.389. The third kappa shape index (κ3) is 3.45. The van der Waals surface area contributed by atoms with E-state index in [1.165, 1.54) is 12.3 Å². The molecule has 0 N–H and O–H groups in total. The molecule has 0 saturated heterocycles. The Labute approximate surface area is 165 Å². The SMILES string of the molecule is C=Cc1ccccc1-c1ccc2c(Cn3cc([N+](=O)[O-])nc3C)cc(=O)oc2c1. The minimum absolute atomic E-state index is 0.224. The molecule has 0 spiro atoms. The number of aryl methyl sites for hydroxylation is 1. The number of aromatic nitrogens is 2. The van der Waals surface area contributed by atoms with Crippen LogP contribution in [0.15, 0.2) is 70.5 Å². The molecule has 0 aliphatic rings. The van der Waals surface area contributed by atoms with Gasteiger partial charge in [-0.25, -0.2) is 4.79 Å². The molecule has 7 nitrogen and oxygen atoms in total. The summed E-state index contributed by atoms with van der Waals surface area (Å²) >= 11 is 0. The van der Waals surface area contributed by atoms with E-state index in [1.807, 2.05) is 42.5 Å². The Bertz CT molecular complexity index is 1320. The topological polar surface area (TPSA) is 91.2 Å². The van der Waals surface area contributed by atoms with E-state index in [1.54, 1.807) is 17.6 Å². The van der Waals surface area contributed by atoms with Crippen molar-refractivity contribution in [3.8, 4) is 11.1 Å². The summed E-state index contributed by atoms with van der Waals surface area (Å²) in [6.07, 6.45) is 3.14. The number of benzene rings is 2. The van der Waals surface area contributed by atoms with Gasteiger partial charge in [-0.3, -0.25) is 0 Å². The number of hydrogen-bond donors (Lipinski definition) is 0. The molecule has 29 heavy (non-hydrogen) atoms. The van der Waals surface area contributed by atoms with Crippen LogP contribution in [0.1, 0.15) is 17.0 Å². The van der Waals surface area contributed by atoms with Crippen LogP contribution in [-0.2, 0) is 6.54 Å². The van der Waals surface area contributed by atoms with Crippen LogP contribution in [-0.4, -0.2) is 14.5 Å². The molecule has 0 amide bonds. The molecular formula is C22H17N3O4. The van der Waals surface area contributed by atoms with Crippen molar-refractivity contribution in [1.29, 1.82) is 0 Å². The second kappa shape index (κ2) is 7.20. The van der Waals surface area contributed by atoms with Crippen LogP contribution >= 0.6 is 0 Å². The second-order valence-corrected chi connectivity index (χ2v) is 6.62. The van der Waals surface area contributed by atoms with E-state index in [0.717, 1.165) is 22.1 Å². The lowest BCUT2D eigenvalue weighted by atomic mass is 9.98. The van der Waals surface area contributed by atoms with Gasteiger partial charge in [-0.2, -0.15) is 0 Å². The maximum atomic E-state index is 12.1. The highest BCUT2D eigenvalue weighted by atomic mass is 16.6. The van der Waals surface area contributed by atoms with E-state index in [2.05, 4.69) is 11.6 Å². The van der Waals surface area contributed by atoms with Crippen molar-refractivity contribution in [3.05, 3.63) is 98.8 Å². The van der Waals surface area contributed by atoms with Gasteiger partial charge in [0.2, 0.25) is 5.82 Å².